The van der Waals surface area contributed by atoms with Crippen molar-refractivity contribution in [2.24, 2.45) is 0 Å². The van der Waals surface area contributed by atoms with Crippen molar-refractivity contribution >= 4 is 15.9 Å². The van der Waals surface area contributed by atoms with Crippen molar-refractivity contribution in [2.75, 3.05) is 7.11 Å². The number of nitrogens with zero attached hydrogens (tertiary/aromatic N) is 1. The molecule has 0 radical (unpaired) electrons. The molecule has 0 fully saturated rings. The van der Waals surface area contributed by atoms with E-state index in [1.54, 1.807) is 18.2 Å². The second-order valence-corrected chi connectivity index (χ2v) is 4.56. The van der Waals surface area contributed by atoms with Gasteiger partial charge in [-0.2, -0.15) is 0 Å². The lowest BCUT2D eigenvalue weighted by atomic mass is 10.0. The molecule has 2 rings (SSSR count). The highest BCUT2D eigenvalue weighted by atomic mass is 79.9. The maximum atomic E-state index is 13.9. The van der Waals surface area contributed by atoms with Crippen LogP contribution in [0.4, 0.5) is 4.39 Å². The summed E-state index contributed by atoms with van der Waals surface area (Å²) in [5.41, 5.74) is 0.672. The van der Waals surface area contributed by atoms with E-state index in [0.717, 1.165) is 0 Å². The molecule has 0 aliphatic heterocycles. The fourth-order valence-electron chi connectivity index (χ4n) is 1.61. The molecule has 1 aromatic carbocycles. The zero-order chi connectivity index (χ0) is 13.1. The third-order valence-corrected chi connectivity index (χ3v) is 3.17. The van der Waals surface area contributed by atoms with Gasteiger partial charge in [0.1, 0.15) is 17.7 Å². The zero-order valence-corrected chi connectivity index (χ0v) is 11.2. The first kappa shape index (κ1) is 13.0. The first-order valence-electron chi connectivity index (χ1n) is 5.24. The Kier molecular flexibility index (Phi) is 3.93. The molecule has 0 saturated carbocycles. The van der Waals surface area contributed by atoms with Crippen molar-refractivity contribution in [1.82, 2.24) is 4.98 Å². The third-order valence-electron chi connectivity index (χ3n) is 2.56. The summed E-state index contributed by atoms with van der Waals surface area (Å²) in [5.74, 6) is 0.0368. The Morgan fingerprint density at radius 2 is 2.17 bits per heavy atom. The molecule has 2 aromatic rings. The van der Waals surface area contributed by atoms with Crippen LogP contribution in [0.25, 0.3) is 0 Å². The highest BCUT2D eigenvalue weighted by molar-refractivity contribution is 9.10. The Balaban J connectivity index is 2.41. The number of halogens is 2. The fraction of sp³-hybridized carbons (Fsp3) is 0.154. The minimum absolute atomic E-state index is 0.194. The number of hydrogen-bond donors (Lipinski definition) is 1. The molecule has 0 amide bonds. The van der Waals surface area contributed by atoms with Gasteiger partial charge in [0, 0.05) is 17.3 Å². The van der Waals surface area contributed by atoms with Crippen molar-refractivity contribution in [1.29, 1.82) is 0 Å². The van der Waals surface area contributed by atoms with Crippen molar-refractivity contribution in [3.05, 3.63) is 58.1 Å². The van der Waals surface area contributed by atoms with E-state index >= 15 is 0 Å². The standard InChI is InChI=1S/C13H11BrFNO2/c1-18-9-5-8(6-16-7-9)13(17)10-3-2-4-11(14)12(10)15/h2-7,13,17H,1H3. The van der Waals surface area contributed by atoms with E-state index in [9.17, 15) is 9.50 Å². The van der Waals surface area contributed by atoms with Crippen LogP contribution in [-0.2, 0) is 0 Å². The normalized spacial score (nSPS) is 12.2. The van der Waals surface area contributed by atoms with Gasteiger partial charge < -0.3 is 9.84 Å². The number of aromatic nitrogens is 1. The van der Waals surface area contributed by atoms with Gasteiger partial charge in [-0.1, -0.05) is 12.1 Å². The number of hydrogen-bond acceptors (Lipinski definition) is 3. The van der Waals surface area contributed by atoms with E-state index in [1.807, 2.05) is 0 Å². The summed E-state index contributed by atoms with van der Waals surface area (Å²) in [6, 6.07) is 6.40. The van der Waals surface area contributed by atoms with E-state index in [4.69, 9.17) is 4.74 Å². The Labute approximate surface area is 112 Å². The molecule has 94 valence electrons. The monoisotopic (exact) mass is 311 g/mol. The van der Waals surface area contributed by atoms with E-state index in [0.29, 0.717) is 15.8 Å². The van der Waals surface area contributed by atoms with E-state index in [-0.39, 0.29) is 5.56 Å². The predicted molar refractivity (Wildman–Crippen MR) is 69.0 cm³/mol. The van der Waals surface area contributed by atoms with E-state index < -0.39 is 11.9 Å². The topological polar surface area (TPSA) is 42.4 Å². The molecule has 0 aliphatic carbocycles. The minimum atomic E-state index is -1.08. The quantitative estimate of drug-likeness (QED) is 0.947. The van der Waals surface area contributed by atoms with Crippen molar-refractivity contribution in [3.8, 4) is 5.75 Å². The van der Waals surface area contributed by atoms with Gasteiger partial charge in [-0.25, -0.2) is 4.39 Å². The Hall–Kier alpha value is -1.46. The molecule has 0 aliphatic rings. The Bertz CT molecular complexity index is 562. The summed E-state index contributed by atoms with van der Waals surface area (Å²) >= 11 is 3.09. The van der Waals surface area contributed by atoms with Gasteiger partial charge in [0.05, 0.1) is 17.8 Å². The highest BCUT2D eigenvalue weighted by Gasteiger charge is 2.17. The summed E-state index contributed by atoms with van der Waals surface area (Å²) in [5, 5.41) is 10.2. The molecular formula is C13H11BrFNO2. The number of methoxy groups -OCH3 is 1. The van der Waals surface area contributed by atoms with Crippen LogP contribution in [0.15, 0.2) is 41.1 Å². The number of rotatable bonds is 3. The number of benzene rings is 1. The maximum Gasteiger partial charge on any atom is 0.143 e. The van der Waals surface area contributed by atoms with Gasteiger partial charge >= 0.3 is 0 Å². The summed E-state index contributed by atoms with van der Waals surface area (Å²) in [6.45, 7) is 0. The summed E-state index contributed by atoms with van der Waals surface area (Å²) < 4.78 is 19.2. The third kappa shape index (κ3) is 2.52. The second kappa shape index (κ2) is 5.46. The number of aliphatic hydroxyl groups is 1. The first-order valence-corrected chi connectivity index (χ1v) is 6.03. The molecule has 0 bridgehead atoms. The number of pyridine rings is 1. The van der Waals surface area contributed by atoms with Gasteiger partial charge in [-0.15, -0.1) is 0 Å². The van der Waals surface area contributed by atoms with Crippen LogP contribution >= 0.6 is 15.9 Å². The highest BCUT2D eigenvalue weighted by Crippen LogP contribution is 2.29. The Morgan fingerprint density at radius 1 is 1.39 bits per heavy atom. The average molecular weight is 312 g/mol. The molecule has 0 spiro atoms. The van der Waals surface area contributed by atoms with Crippen LogP contribution in [0.1, 0.15) is 17.2 Å². The van der Waals surface area contributed by atoms with Gasteiger partial charge in [-0.05, 0) is 28.1 Å². The van der Waals surface area contributed by atoms with Crippen LogP contribution in [0.3, 0.4) is 0 Å². The number of aliphatic hydroxyl groups excluding tert-OH is 1. The largest absolute Gasteiger partial charge is 0.495 e. The van der Waals surface area contributed by atoms with Gasteiger partial charge in [0.2, 0.25) is 0 Å². The Morgan fingerprint density at radius 3 is 2.89 bits per heavy atom. The van der Waals surface area contributed by atoms with Gasteiger partial charge in [-0.3, -0.25) is 4.98 Å². The van der Waals surface area contributed by atoms with Crippen LogP contribution in [-0.4, -0.2) is 17.2 Å². The molecule has 1 unspecified atom stereocenters. The molecule has 0 saturated heterocycles. The molecule has 3 nitrogen and oxygen atoms in total. The van der Waals surface area contributed by atoms with Crippen molar-refractivity contribution < 1.29 is 14.2 Å². The second-order valence-electron chi connectivity index (χ2n) is 3.70. The van der Waals surface area contributed by atoms with Gasteiger partial charge in [0.15, 0.2) is 0 Å². The first-order chi connectivity index (χ1) is 8.63. The summed E-state index contributed by atoms with van der Waals surface area (Å²) in [6.07, 6.45) is 1.92. The molecule has 1 aromatic heterocycles. The smallest absolute Gasteiger partial charge is 0.143 e. The molecular weight excluding hydrogens is 301 g/mol. The summed E-state index contributed by atoms with van der Waals surface area (Å²) in [7, 11) is 1.51. The fourth-order valence-corrected chi connectivity index (χ4v) is 1.99. The molecule has 5 heteroatoms. The van der Waals surface area contributed by atoms with Gasteiger partial charge in [0.25, 0.3) is 0 Å². The van der Waals surface area contributed by atoms with Crippen LogP contribution in [0.5, 0.6) is 5.75 Å². The lowest BCUT2D eigenvalue weighted by Gasteiger charge is -2.13. The molecule has 18 heavy (non-hydrogen) atoms. The van der Waals surface area contributed by atoms with Crippen molar-refractivity contribution in [2.45, 2.75) is 6.10 Å². The maximum absolute atomic E-state index is 13.9. The number of ether oxygens (including phenoxy) is 1. The lowest BCUT2D eigenvalue weighted by molar-refractivity contribution is 0.213. The average Bonchev–Trinajstić information content (AvgIpc) is 2.41. The SMILES string of the molecule is COc1cncc(C(O)c2cccc(Br)c2F)c1. The van der Waals surface area contributed by atoms with E-state index in [2.05, 4.69) is 20.9 Å². The lowest BCUT2D eigenvalue weighted by Crippen LogP contribution is -2.04. The predicted octanol–water partition coefficient (Wildman–Crippen LogP) is 3.07. The zero-order valence-electron chi connectivity index (χ0n) is 9.60. The minimum Gasteiger partial charge on any atom is -0.495 e. The van der Waals surface area contributed by atoms with E-state index in [1.165, 1.54) is 25.6 Å². The van der Waals surface area contributed by atoms with Crippen LogP contribution in [0, 0.1) is 5.82 Å². The molecule has 1 atom stereocenters. The van der Waals surface area contributed by atoms with Crippen LogP contribution in [0.2, 0.25) is 0 Å². The molecule has 1 N–H and O–H groups in total. The molecule has 1 heterocycles. The van der Waals surface area contributed by atoms with Crippen molar-refractivity contribution in [3.63, 3.8) is 0 Å². The van der Waals surface area contributed by atoms with Crippen LogP contribution < -0.4 is 4.74 Å². The summed E-state index contributed by atoms with van der Waals surface area (Å²) in [4.78, 5) is 3.93.